The molecule has 0 aliphatic rings. The van der Waals surface area contributed by atoms with E-state index in [-0.39, 0.29) is 17.1 Å². The van der Waals surface area contributed by atoms with Gasteiger partial charge in [0.1, 0.15) is 0 Å². The zero-order chi connectivity index (χ0) is 6.57. The summed E-state index contributed by atoms with van der Waals surface area (Å²) in [5.74, 6) is -2.62. The van der Waals surface area contributed by atoms with Gasteiger partial charge in [-0.15, -0.1) is 0 Å². The van der Waals surface area contributed by atoms with Gasteiger partial charge in [0.05, 0.1) is 0 Å². The number of hydroxylamine groups is 2. The largest absolute Gasteiger partial charge is 0.334 e. The Morgan fingerprint density at radius 1 is 1.00 bits per heavy atom. The second-order valence-corrected chi connectivity index (χ2v) is 0.882. The Labute approximate surface area is 60.6 Å². The first kappa shape index (κ1) is 11.2. The molecule has 0 unspecified atom stereocenters. The van der Waals surface area contributed by atoms with E-state index in [2.05, 4.69) is 0 Å². The van der Waals surface area contributed by atoms with Crippen LogP contribution in [0.15, 0.2) is 0 Å². The molecule has 6 nitrogen and oxygen atoms in total. The molecule has 0 aromatic rings. The minimum absolute atomic E-state index is 0. The molecule has 1 radical (unpaired) electrons. The molecule has 0 atom stereocenters. The van der Waals surface area contributed by atoms with Crippen LogP contribution < -0.4 is 11.0 Å². The van der Waals surface area contributed by atoms with E-state index in [1.807, 2.05) is 0 Å². The fourth-order valence-electron chi connectivity index (χ4n) is 0.102. The van der Waals surface area contributed by atoms with Crippen LogP contribution in [-0.2, 0) is 26.7 Å². The summed E-state index contributed by atoms with van der Waals surface area (Å²) in [5, 5.41) is 15.3. The van der Waals surface area contributed by atoms with Gasteiger partial charge in [-0.2, -0.15) is 0 Å². The SMILES string of the molecule is O=C(NO)C(=O)NO.[Cu]. The van der Waals surface area contributed by atoms with Crippen molar-refractivity contribution >= 4 is 11.8 Å². The predicted octanol–water partition coefficient (Wildman–Crippen LogP) is -2.01. The molecule has 0 rings (SSSR count). The van der Waals surface area contributed by atoms with Crippen molar-refractivity contribution in [1.29, 1.82) is 0 Å². The molecule has 2 amide bonds. The quantitative estimate of drug-likeness (QED) is 0.151. The molecule has 0 bridgehead atoms. The molecule has 0 spiro atoms. The van der Waals surface area contributed by atoms with Crippen LogP contribution in [0.5, 0.6) is 0 Å². The zero-order valence-corrected chi connectivity index (χ0v) is 4.95. The van der Waals surface area contributed by atoms with Crippen molar-refractivity contribution in [3.05, 3.63) is 0 Å². The Morgan fingerprint density at radius 2 is 1.22 bits per heavy atom. The van der Waals surface area contributed by atoms with Crippen LogP contribution >= 0.6 is 0 Å². The van der Waals surface area contributed by atoms with Crippen LogP contribution in [0, 0.1) is 0 Å². The third-order valence-corrected chi connectivity index (χ3v) is 0.409. The number of rotatable bonds is 0. The van der Waals surface area contributed by atoms with Crippen LogP contribution in [0.2, 0.25) is 0 Å². The molecule has 0 aliphatic carbocycles. The van der Waals surface area contributed by atoms with Crippen molar-refractivity contribution in [2.45, 2.75) is 0 Å². The molecule has 0 saturated heterocycles. The zero-order valence-electron chi connectivity index (χ0n) is 4.01. The van der Waals surface area contributed by atoms with Gasteiger partial charge in [-0.05, 0) is 0 Å². The van der Waals surface area contributed by atoms with Crippen molar-refractivity contribution in [3.63, 3.8) is 0 Å². The molecule has 7 heteroatoms. The van der Waals surface area contributed by atoms with E-state index >= 15 is 0 Å². The Kier molecular flexibility index (Phi) is 6.87. The average Bonchev–Trinajstić information content (AvgIpc) is 1.84. The Hall–Kier alpha value is -0.621. The molecular weight excluding hydrogens is 180 g/mol. The summed E-state index contributed by atoms with van der Waals surface area (Å²) >= 11 is 0. The van der Waals surface area contributed by atoms with Crippen LogP contribution in [0.25, 0.3) is 0 Å². The van der Waals surface area contributed by atoms with Gasteiger partial charge in [0.2, 0.25) is 0 Å². The van der Waals surface area contributed by atoms with Gasteiger partial charge in [0.15, 0.2) is 0 Å². The van der Waals surface area contributed by atoms with Gasteiger partial charge in [-0.3, -0.25) is 20.0 Å². The van der Waals surface area contributed by atoms with Gasteiger partial charge in [0.25, 0.3) is 0 Å². The summed E-state index contributed by atoms with van der Waals surface area (Å²) in [7, 11) is 0. The van der Waals surface area contributed by atoms with E-state index in [4.69, 9.17) is 10.4 Å². The first-order chi connectivity index (χ1) is 3.72. The third-order valence-electron chi connectivity index (χ3n) is 0.409. The second-order valence-electron chi connectivity index (χ2n) is 0.882. The molecule has 9 heavy (non-hydrogen) atoms. The van der Waals surface area contributed by atoms with E-state index < -0.39 is 11.8 Å². The summed E-state index contributed by atoms with van der Waals surface area (Å²) in [4.78, 5) is 19.6. The van der Waals surface area contributed by atoms with Crippen LogP contribution in [0.4, 0.5) is 0 Å². The minimum Gasteiger partial charge on any atom is -0.288 e. The summed E-state index contributed by atoms with van der Waals surface area (Å²) in [6, 6.07) is 0. The Bertz CT molecular complexity index is 101. The average molecular weight is 184 g/mol. The molecule has 0 aromatic carbocycles. The topological polar surface area (TPSA) is 98.7 Å². The molecular formula is C2H4CuN2O4. The maximum atomic E-state index is 9.81. The molecule has 0 saturated carbocycles. The summed E-state index contributed by atoms with van der Waals surface area (Å²) in [5.41, 5.74) is 2.01. The van der Waals surface area contributed by atoms with Crippen molar-refractivity contribution in [3.8, 4) is 0 Å². The van der Waals surface area contributed by atoms with E-state index in [0.717, 1.165) is 11.0 Å². The van der Waals surface area contributed by atoms with Crippen molar-refractivity contribution < 1.29 is 37.1 Å². The van der Waals surface area contributed by atoms with Gasteiger partial charge in [-0.1, -0.05) is 0 Å². The molecule has 57 valence electrons. The van der Waals surface area contributed by atoms with E-state index in [1.54, 1.807) is 0 Å². The first-order valence-electron chi connectivity index (χ1n) is 1.61. The molecule has 0 aliphatic heterocycles. The standard InChI is InChI=1S/C2H4N2O4.Cu/c5-1(3-7)2(6)4-8;/h7-8H,(H,3,5)(H,4,6);. The first-order valence-corrected chi connectivity index (χ1v) is 1.61. The van der Waals surface area contributed by atoms with E-state index in [1.165, 1.54) is 0 Å². The third kappa shape index (κ3) is 3.92. The molecule has 0 aromatic heterocycles. The number of carbonyl (C=O) groups excluding carboxylic acids is 2. The van der Waals surface area contributed by atoms with Crippen LogP contribution in [0.1, 0.15) is 0 Å². The molecule has 0 heterocycles. The number of nitrogens with one attached hydrogen (secondary N) is 2. The summed E-state index contributed by atoms with van der Waals surface area (Å²) in [6.07, 6.45) is 0. The van der Waals surface area contributed by atoms with Gasteiger partial charge in [-0.25, -0.2) is 11.0 Å². The minimum atomic E-state index is -1.31. The van der Waals surface area contributed by atoms with E-state index in [9.17, 15) is 9.59 Å². The maximum absolute atomic E-state index is 9.81. The van der Waals surface area contributed by atoms with Crippen molar-refractivity contribution in [2.24, 2.45) is 0 Å². The molecule has 0 fully saturated rings. The van der Waals surface area contributed by atoms with Crippen LogP contribution in [0.3, 0.4) is 0 Å². The normalized spacial score (nSPS) is 6.89. The summed E-state index contributed by atoms with van der Waals surface area (Å²) < 4.78 is 0. The van der Waals surface area contributed by atoms with Gasteiger partial charge in [0, 0.05) is 17.1 Å². The molecule has 4 N–H and O–H groups in total. The fraction of sp³-hybridized carbons (Fsp3) is 0. The monoisotopic (exact) mass is 183 g/mol. The smallest absolute Gasteiger partial charge is 0.288 e. The number of hydrogen-bond donors (Lipinski definition) is 4. The second kappa shape index (κ2) is 5.51. The maximum Gasteiger partial charge on any atom is 0.334 e. The van der Waals surface area contributed by atoms with Crippen LogP contribution in [-0.4, -0.2) is 22.2 Å². The Balaban J connectivity index is 0. The predicted molar refractivity (Wildman–Crippen MR) is 19.9 cm³/mol. The van der Waals surface area contributed by atoms with Crippen molar-refractivity contribution in [1.82, 2.24) is 11.0 Å². The summed E-state index contributed by atoms with van der Waals surface area (Å²) in [6.45, 7) is 0. The Morgan fingerprint density at radius 3 is 1.33 bits per heavy atom. The van der Waals surface area contributed by atoms with Crippen molar-refractivity contribution in [2.75, 3.05) is 0 Å². The number of amides is 2. The van der Waals surface area contributed by atoms with Gasteiger partial charge >= 0.3 is 11.8 Å². The van der Waals surface area contributed by atoms with E-state index in [0.29, 0.717) is 0 Å². The fourth-order valence-corrected chi connectivity index (χ4v) is 0.102. The van der Waals surface area contributed by atoms with Gasteiger partial charge < -0.3 is 0 Å². The number of hydrogen-bond acceptors (Lipinski definition) is 4. The number of carbonyl (C=O) groups is 2.